The highest BCUT2D eigenvalue weighted by molar-refractivity contribution is 7.99. The second-order valence-electron chi connectivity index (χ2n) is 6.03. The van der Waals surface area contributed by atoms with Gasteiger partial charge in [-0.2, -0.15) is 0 Å². The van der Waals surface area contributed by atoms with Crippen molar-refractivity contribution in [3.8, 4) is 0 Å². The first-order valence-corrected chi connectivity index (χ1v) is 8.70. The molecule has 1 aromatic rings. The molecular formula is C16H25N3OS. The molecule has 116 valence electrons. The molecule has 0 saturated heterocycles. The Balaban J connectivity index is 1.86. The lowest BCUT2D eigenvalue weighted by molar-refractivity contribution is -0.119. The number of nitrogens with zero attached hydrogens (tertiary/aromatic N) is 2. The molecule has 1 N–H and O–H groups in total. The zero-order chi connectivity index (χ0) is 15.4. The summed E-state index contributed by atoms with van der Waals surface area (Å²) >= 11 is 1.42. The number of amides is 1. The third-order valence-corrected chi connectivity index (χ3v) is 5.25. The van der Waals surface area contributed by atoms with Crippen molar-refractivity contribution >= 4 is 17.7 Å². The van der Waals surface area contributed by atoms with Crippen LogP contribution in [0.3, 0.4) is 0 Å². The van der Waals surface area contributed by atoms with E-state index < -0.39 is 0 Å². The molecule has 1 aliphatic rings. The summed E-state index contributed by atoms with van der Waals surface area (Å²) in [6.07, 6.45) is 4.84. The van der Waals surface area contributed by atoms with Gasteiger partial charge in [0, 0.05) is 17.4 Å². The molecule has 0 bridgehead atoms. The molecule has 2 rings (SSSR count). The molecule has 1 saturated carbocycles. The van der Waals surface area contributed by atoms with Gasteiger partial charge in [0.1, 0.15) is 0 Å². The normalized spacial score (nSPS) is 22.1. The molecule has 21 heavy (non-hydrogen) atoms. The minimum Gasteiger partial charge on any atom is -0.352 e. The van der Waals surface area contributed by atoms with Crippen molar-refractivity contribution < 1.29 is 4.79 Å². The number of hydrogen-bond donors (Lipinski definition) is 1. The Labute approximate surface area is 131 Å². The van der Waals surface area contributed by atoms with Crippen LogP contribution in [0, 0.1) is 26.7 Å². The topological polar surface area (TPSA) is 54.9 Å². The van der Waals surface area contributed by atoms with Crippen molar-refractivity contribution in [2.45, 2.75) is 64.6 Å². The summed E-state index contributed by atoms with van der Waals surface area (Å²) in [7, 11) is 0. The van der Waals surface area contributed by atoms with Crippen LogP contribution in [0.1, 0.15) is 49.6 Å². The second kappa shape index (κ2) is 7.25. The second-order valence-corrected chi connectivity index (χ2v) is 6.97. The summed E-state index contributed by atoms with van der Waals surface area (Å²) < 4.78 is 0. The molecule has 0 unspecified atom stereocenters. The Bertz CT molecular complexity index is 495. The van der Waals surface area contributed by atoms with Crippen molar-refractivity contribution in [2.75, 3.05) is 5.75 Å². The summed E-state index contributed by atoms with van der Waals surface area (Å²) in [4.78, 5) is 21.0. The van der Waals surface area contributed by atoms with Gasteiger partial charge in [-0.1, -0.05) is 31.5 Å². The fourth-order valence-electron chi connectivity index (χ4n) is 2.72. The standard InChI is InChI=1S/C16H25N3OS/c1-10-7-5-6-8-14(10)19-15(20)9-21-16-17-12(3)11(2)13(4)18-16/h10,14H,5-9H2,1-4H3,(H,19,20)/t10-,14+/m1/s1. The van der Waals surface area contributed by atoms with E-state index in [9.17, 15) is 4.79 Å². The summed E-state index contributed by atoms with van der Waals surface area (Å²) in [6.45, 7) is 8.22. The number of thioether (sulfide) groups is 1. The average molecular weight is 307 g/mol. The van der Waals surface area contributed by atoms with Crippen LogP contribution in [0.15, 0.2) is 5.16 Å². The fourth-order valence-corrected chi connectivity index (χ4v) is 3.46. The van der Waals surface area contributed by atoms with E-state index in [1.165, 1.54) is 31.0 Å². The van der Waals surface area contributed by atoms with Gasteiger partial charge >= 0.3 is 0 Å². The van der Waals surface area contributed by atoms with E-state index in [1.807, 2.05) is 20.8 Å². The SMILES string of the molecule is Cc1nc(SCC(=O)N[C@H]2CCCC[C@H]2C)nc(C)c1C. The first-order chi connectivity index (χ1) is 9.97. The first kappa shape index (κ1) is 16.3. The lowest BCUT2D eigenvalue weighted by Gasteiger charge is -2.29. The summed E-state index contributed by atoms with van der Waals surface area (Å²) in [5.74, 6) is 1.08. The third-order valence-electron chi connectivity index (χ3n) is 4.40. The number of carbonyl (C=O) groups is 1. The first-order valence-electron chi connectivity index (χ1n) is 7.71. The molecule has 2 atom stereocenters. The molecule has 0 radical (unpaired) electrons. The lowest BCUT2D eigenvalue weighted by atomic mass is 9.86. The monoisotopic (exact) mass is 307 g/mol. The average Bonchev–Trinajstić information content (AvgIpc) is 2.45. The quantitative estimate of drug-likeness (QED) is 0.685. The maximum atomic E-state index is 12.1. The highest BCUT2D eigenvalue weighted by atomic mass is 32.2. The Hall–Kier alpha value is -1.10. The molecule has 0 spiro atoms. The predicted molar refractivity (Wildman–Crippen MR) is 86.5 cm³/mol. The van der Waals surface area contributed by atoms with E-state index in [0.29, 0.717) is 22.9 Å². The maximum absolute atomic E-state index is 12.1. The largest absolute Gasteiger partial charge is 0.352 e. The van der Waals surface area contributed by atoms with E-state index in [2.05, 4.69) is 22.2 Å². The van der Waals surface area contributed by atoms with Gasteiger partial charge < -0.3 is 5.32 Å². The zero-order valence-electron chi connectivity index (χ0n) is 13.4. The van der Waals surface area contributed by atoms with Crippen molar-refractivity contribution in [2.24, 2.45) is 5.92 Å². The van der Waals surface area contributed by atoms with Crippen molar-refractivity contribution in [1.82, 2.24) is 15.3 Å². The molecule has 4 nitrogen and oxygen atoms in total. The van der Waals surface area contributed by atoms with Crippen LogP contribution < -0.4 is 5.32 Å². The minimum absolute atomic E-state index is 0.0956. The van der Waals surface area contributed by atoms with E-state index in [4.69, 9.17) is 0 Å². The van der Waals surface area contributed by atoms with E-state index in [1.54, 1.807) is 0 Å². The number of rotatable bonds is 4. The van der Waals surface area contributed by atoms with Gasteiger partial charge in [-0.15, -0.1) is 0 Å². The van der Waals surface area contributed by atoms with Crippen LogP contribution in [0.4, 0.5) is 0 Å². The van der Waals surface area contributed by atoms with Gasteiger partial charge in [-0.3, -0.25) is 4.79 Å². The van der Waals surface area contributed by atoms with Crippen LogP contribution in [-0.2, 0) is 4.79 Å². The van der Waals surface area contributed by atoms with Gasteiger partial charge in [0.15, 0.2) is 5.16 Å². The Morgan fingerprint density at radius 3 is 2.43 bits per heavy atom. The number of carbonyl (C=O) groups excluding carboxylic acids is 1. The van der Waals surface area contributed by atoms with E-state index in [0.717, 1.165) is 23.4 Å². The van der Waals surface area contributed by atoms with Gasteiger partial charge in [0.05, 0.1) is 5.75 Å². The fraction of sp³-hybridized carbons (Fsp3) is 0.688. The Kier molecular flexibility index (Phi) is 5.62. The molecule has 5 heteroatoms. The number of aryl methyl sites for hydroxylation is 2. The summed E-state index contributed by atoms with van der Waals surface area (Å²) in [5, 5.41) is 3.86. The van der Waals surface area contributed by atoms with Crippen molar-refractivity contribution in [1.29, 1.82) is 0 Å². The molecule has 0 aromatic carbocycles. The molecular weight excluding hydrogens is 282 g/mol. The van der Waals surface area contributed by atoms with Crippen LogP contribution in [0.2, 0.25) is 0 Å². The maximum Gasteiger partial charge on any atom is 0.230 e. The minimum atomic E-state index is 0.0956. The van der Waals surface area contributed by atoms with Gasteiger partial charge in [0.2, 0.25) is 5.91 Å². The lowest BCUT2D eigenvalue weighted by Crippen LogP contribution is -2.41. The smallest absolute Gasteiger partial charge is 0.230 e. The third kappa shape index (κ3) is 4.43. The van der Waals surface area contributed by atoms with Crippen LogP contribution in [0.5, 0.6) is 0 Å². The van der Waals surface area contributed by atoms with Crippen LogP contribution >= 0.6 is 11.8 Å². The van der Waals surface area contributed by atoms with Crippen molar-refractivity contribution in [3.05, 3.63) is 17.0 Å². The molecule has 1 aliphatic carbocycles. The molecule has 1 fully saturated rings. The molecule has 1 aromatic heterocycles. The molecule has 0 aliphatic heterocycles. The van der Waals surface area contributed by atoms with E-state index in [-0.39, 0.29) is 5.91 Å². The number of hydrogen-bond acceptors (Lipinski definition) is 4. The van der Waals surface area contributed by atoms with Gasteiger partial charge in [-0.25, -0.2) is 9.97 Å². The van der Waals surface area contributed by atoms with Gasteiger partial charge in [0.25, 0.3) is 0 Å². The van der Waals surface area contributed by atoms with Crippen LogP contribution in [-0.4, -0.2) is 27.7 Å². The highest BCUT2D eigenvalue weighted by Crippen LogP contribution is 2.24. The number of nitrogens with one attached hydrogen (secondary N) is 1. The Morgan fingerprint density at radius 2 is 1.81 bits per heavy atom. The van der Waals surface area contributed by atoms with Crippen molar-refractivity contribution in [3.63, 3.8) is 0 Å². The zero-order valence-corrected chi connectivity index (χ0v) is 14.2. The van der Waals surface area contributed by atoms with Crippen LogP contribution in [0.25, 0.3) is 0 Å². The molecule has 1 amide bonds. The summed E-state index contributed by atoms with van der Waals surface area (Å²) in [5.41, 5.74) is 3.11. The highest BCUT2D eigenvalue weighted by Gasteiger charge is 2.22. The van der Waals surface area contributed by atoms with Gasteiger partial charge in [-0.05, 0) is 45.1 Å². The number of aromatic nitrogens is 2. The molecule has 1 heterocycles. The van der Waals surface area contributed by atoms with E-state index >= 15 is 0 Å². The summed E-state index contributed by atoms with van der Waals surface area (Å²) in [6, 6.07) is 0.342. The Morgan fingerprint density at radius 1 is 1.19 bits per heavy atom. The predicted octanol–water partition coefficient (Wildman–Crippen LogP) is 3.19.